The predicted octanol–water partition coefficient (Wildman–Crippen LogP) is -5.41. The number of aldehydes is 1. The monoisotopic (exact) mass is 675 g/mol. The van der Waals surface area contributed by atoms with Crippen LogP contribution in [0, 0.1) is 0 Å². The van der Waals surface area contributed by atoms with E-state index < -0.39 is 79.5 Å². The van der Waals surface area contributed by atoms with Crippen molar-refractivity contribution in [3.8, 4) is 0 Å². The highest BCUT2D eigenvalue weighted by atomic mass is 31.3. The first-order valence-corrected chi connectivity index (χ1v) is 15.3. The van der Waals surface area contributed by atoms with E-state index in [4.69, 9.17) is 60.5 Å². The van der Waals surface area contributed by atoms with Crippen molar-refractivity contribution in [2.45, 2.75) is 42.9 Å². The summed E-state index contributed by atoms with van der Waals surface area (Å²) in [5, 5.41) is 62.8. The lowest BCUT2D eigenvalue weighted by Gasteiger charge is -2.16. The number of aliphatic hydroxyl groups is 7. The zero-order valence-electron chi connectivity index (χ0n) is 20.6. The Bertz CT molecular complexity index is 1270. The molecule has 2 aromatic rings. The van der Waals surface area contributed by atoms with Crippen LogP contribution in [0.25, 0.3) is 11.2 Å². The number of nitrogens with zero attached hydrogens (tertiary/aromatic N) is 4. The Morgan fingerprint density at radius 2 is 1.52 bits per heavy atom. The van der Waals surface area contributed by atoms with Crippen LogP contribution in [0.15, 0.2) is 12.7 Å². The zero-order chi connectivity index (χ0) is 32.6. The van der Waals surface area contributed by atoms with Gasteiger partial charge in [-0.15, -0.1) is 0 Å². The number of phosphoric acid groups is 3. The minimum absolute atomic E-state index is 0.0869. The standard InChI is InChI=1S/C10H13N5O4.C5H10O5.H5O10P3/c11-8-5-9(13-2-12-8)15(3-14-5)10-7(18)6(17)4(1-16)19-10;6-1-3(8)5(10)4(9)2-7;1-11(2,3)9-13(7,8)10-12(4,5)6/h2-4,6-7,10,16-18H,1H2,(H2,11,12,13);1,3-5,7-10H,2H2;(H,7,8)(H2,1,2,3)(H2,4,5,6)/t4-,6-,7-,10-;;/m1../s1. The Hall–Kier alpha value is -1.89. The Labute approximate surface area is 233 Å². The minimum atomic E-state index is -5.46. The van der Waals surface area contributed by atoms with E-state index >= 15 is 0 Å². The highest BCUT2D eigenvalue weighted by Crippen LogP contribution is 2.64. The van der Waals surface area contributed by atoms with Crippen molar-refractivity contribution in [3.05, 3.63) is 12.7 Å². The van der Waals surface area contributed by atoms with Crippen molar-refractivity contribution >= 4 is 46.7 Å². The van der Waals surface area contributed by atoms with Gasteiger partial charge in [-0.1, -0.05) is 0 Å². The van der Waals surface area contributed by atoms with Crippen LogP contribution in [-0.4, -0.2) is 136 Å². The maximum atomic E-state index is 10.4. The SMILES string of the molecule is Nc1ncnc2c1ncn2[C@@H]1O[C@H](CO)[C@@H](O)[C@H]1O.O=CC(O)C(O)C(O)CO.O=P(O)(O)OP(=O)(O)OP(=O)(O)O. The Balaban J connectivity index is 0.000000338. The van der Waals surface area contributed by atoms with Gasteiger partial charge in [-0.3, -0.25) is 4.57 Å². The topological polar surface area (TPSA) is 408 Å². The van der Waals surface area contributed by atoms with Crippen molar-refractivity contribution in [1.29, 1.82) is 0 Å². The van der Waals surface area contributed by atoms with Gasteiger partial charge in [-0.25, -0.2) is 28.6 Å². The number of hydrogen-bond acceptors (Lipinski definition) is 18. The zero-order valence-corrected chi connectivity index (χ0v) is 23.3. The summed E-state index contributed by atoms with van der Waals surface area (Å²) in [4.78, 5) is 61.9. The van der Waals surface area contributed by atoms with Crippen LogP contribution in [0.2, 0.25) is 0 Å². The lowest BCUT2D eigenvalue weighted by atomic mass is 10.1. The van der Waals surface area contributed by atoms with Crippen LogP contribution in [0.3, 0.4) is 0 Å². The number of nitrogen functional groups attached to an aromatic ring is 1. The van der Waals surface area contributed by atoms with Gasteiger partial charge < -0.3 is 75.5 Å². The lowest BCUT2D eigenvalue weighted by Crippen LogP contribution is -2.40. The number of aromatic nitrogens is 4. The molecule has 0 amide bonds. The predicted molar refractivity (Wildman–Crippen MR) is 130 cm³/mol. The van der Waals surface area contributed by atoms with Crippen LogP contribution in [0.4, 0.5) is 5.82 Å². The molecule has 3 heterocycles. The molecule has 7 atom stereocenters. The van der Waals surface area contributed by atoms with Crippen molar-refractivity contribution in [1.82, 2.24) is 19.5 Å². The molecular formula is C15H28N5O19P3. The number of aliphatic hydroxyl groups excluding tert-OH is 7. The summed E-state index contributed by atoms with van der Waals surface area (Å²) < 4.78 is 43.2. The molecule has 3 unspecified atom stereocenters. The summed E-state index contributed by atoms with van der Waals surface area (Å²) in [6.45, 7) is -1.08. The first-order chi connectivity index (χ1) is 19.2. The molecule has 0 saturated carbocycles. The molecule has 1 aliphatic heterocycles. The van der Waals surface area contributed by atoms with E-state index in [1.807, 2.05) is 0 Å². The number of hydrogen-bond donors (Lipinski definition) is 13. The van der Waals surface area contributed by atoms with Crippen LogP contribution in [-0.2, 0) is 31.8 Å². The first kappa shape index (κ1) is 38.1. The largest absolute Gasteiger partial charge is 0.490 e. The van der Waals surface area contributed by atoms with E-state index in [1.54, 1.807) is 0 Å². The summed E-state index contributed by atoms with van der Waals surface area (Å²) in [7, 11) is -16.2. The maximum absolute atomic E-state index is 10.4. The maximum Gasteiger partial charge on any atom is 0.490 e. The normalized spacial score (nSPS) is 23.2. The number of carbonyl (C=O) groups is 1. The van der Waals surface area contributed by atoms with E-state index in [0.717, 1.165) is 0 Å². The molecule has 0 radical (unpaired) electrons. The second-order valence-corrected chi connectivity index (χ2v) is 12.0. The van der Waals surface area contributed by atoms with Gasteiger partial charge in [0, 0.05) is 0 Å². The van der Waals surface area contributed by atoms with E-state index in [9.17, 15) is 28.7 Å². The van der Waals surface area contributed by atoms with Crippen molar-refractivity contribution in [2.75, 3.05) is 18.9 Å². The number of rotatable bonds is 10. The van der Waals surface area contributed by atoms with Crippen LogP contribution in [0.5, 0.6) is 0 Å². The summed E-state index contributed by atoms with van der Waals surface area (Å²) in [5.41, 5.74) is 6.44. The fourth-order valence-corrected chi connectivity index (χ4v) is 5.40. The Kier molecular flexibility index (Phi) is 14.3. The third-order valence-electron chi connectivity index (χ3n) is 4.67. The Morgan fingerprint density at radius 1 is 0.976 bits per heavy atom. The van der Waals surface area contributed by atoms with E-state index in [0.29, 0.717) is 11.2 Å². The van der Waals surface area contributed by atoms with Gasteiger partial charge in [0.05, 0.1) is 19.5 Å². The van der Waals surface area contributed by atoms with Gasteiger partial charge in [-0.2, -0.15) is 8.62 Å². The molecule has 2 aromatic heterocycles. The quantitative estimate of drug-likeness (QED) is 0.0825. The van der Waals surface area contributed by atoms with E-state index in [-0.39, 0.29) is 12.1 Å². The number of nitrogens with two attached hydrogens (primary N) is 1. The third-order valence-corrected chi connectivity index (χ3v) is 8.02. The second-order valence-electron chi connectivity index (χ2n) is 7.79. The molecule has 1 saturated heterocycles. The van der Waals surface area contributed by atoms with Crippen LogP contribution in [0.1, 0.15) is 6.23 Å². The summed E-state index contributed by atoms with van der Waals surface area (Å²) >= 11 is 0. The van der Waals surface area contributed by atoms with E-state index in [2.05, 4.69) is 23.6 Å². The smallest absolute Gasteiger partial charge is 0.394 e. The molecule has 0 spiro atoms. The molecule has 42 heavy (non-hydrogen) atoms. The molecule has 0 aromatic carbocycles. The molecule has 0 aliphatic carbocycles. The minimum Gasteiger partial charge on any atom is -0.394 e. The summed E-state index contributed by atoms with van der Waals surface area (Å²) in [6.07, 6.45) is -6.05. The molecule has 14 N–H and O–H groups in total. The van der Waals surface area contributed by atoms with Crippen molar-refractivity contribution in [2.24, 2.45) is 0 Å². The molecule has 27 heteroatoms. The summed E-state index contributed by atoms with van der Waals surface area (Å²) in [5.74, 6) is 0.218. The highest BCUT2D eigenvalue weighted by molar-refractivity contribution is 7.66. The molecular weight excluding hydrogens is 647 g/mol. The summed E-state index contributed by atoms with van der Waals surface area (Å²) in [6, 6.07) is 0. The molecule has 0 bridgehead atoms. The number of anilines is 1. The van der Waals surface area contributed by atoms with Crippen molar-refractivity contribution < 1.29 is 92.1 Å². The van der Waals surface area contributed by atoms with Gasteiger partial charge >= 0.3 is 23.5 Å². The van der Waals surface area contributed by atoms with Gasteiger partial charge in [-0.05, 0) is 0 Å². The van der Waals surface area contributed by atoms with Crippen molar-refractivity contribution in [3.63, 3.8) is 0 Å². The first-order valence-electron chi connectivity index (χ1n) is 10.7. The highest BCUT2D eigenvalue weighted by Gasteiger charge is 2.44. The second kappa shape index (κ2) is 15.7. The molecule has 242 valence electrons. The Morgan fingerprint density at radius 3 is 1.95 bits per heavy atom. The van der Waals surface area contributed by atoms with Gasteiger partial charge in [0.2, 0.25) is 0 Å². The molecule has 3 rings (SSSR count). The van der Waals surface area contributed by atoms with Crippen LogP contribution >= 0.6 is 23.5 Å². The average molecular weight is 675 g/mol. The number of imidazole rings is 1. The van der Waals surface area contributed by atoms with Gasteiger partial charge in [0.1, 0.15) is 48.5 Å². The molecule has 1 fully saturated rings. The van der Waals surface area contributed by atoms with E-state index in [1.165, 1.54) is 17.2 Å². The van der Waals surface area contributed by atoms with Gasteiger partial charge in [0.15, 0.2) is 24.0 Å². The fourth-order valence-electron chi connectivity index (χ4n) is 2.87. The number of fused-ring (bicyclic) bond motifs is 1. The lowest BCUT2D eigenvalue weighted by molar-refractivity contribution is -0.127. The fraction of sp³-hybridized carbons (Fsp3) is 0.600. The molecule has 1 aliphatic rings. The number of ether oxygens (including phenoxy) is 1. The third kappa shape index (κ3) is 11.7. The van der Waals surface area contributed by atoms with Crippen LogP contribution < -0.4 is 5.73 Å². The molecule has 24 nitrogen and oxygen atoms in total. The van der Waals surface area contributed by atoms with Gasteiger partial charge in [0.25, 0.3) is 0 Å². The average Bonchev–Trinajstić information content (AvgIpc) is 3.41. The number of carbonyl (C=O) groups excluding carboxylic acids is 1.